The number of allylic oxidation sites excluding steroid dienone is 2. The highest BCUT2D eigenvalue weighted by molar-refractivity contribution is 5.61. The van der Waals surface area contributed by atoms with E-state index in [-0.39, 0.29) is 0 Å². The van der Waals surface area contributed by atoms with Crippen LogP contribution in [0.2, 0.25) is 0 Å². The zero-order chi connectivity index (χ0) is 8.93. The molecule has 0 radical (unpaired) electrons. The molecule has 2 aliphatic heterocycles. The van der Waals surface area contributed by atoms with Gasteiger partial charge in [-0.2, -0.15) is 0 Å². The van der Waals surface area contributed by atoms with Crippen LogP contribution in [-0.4, -0.2) is 24.2 Å². The van der Waals surface area contributed by atoms with Gasteiger partial charge in [0.25, 0.3) is 0 Å². The Morgan fingerprint density at radius 2 is 2.00 bits per heavy atom. The minimum Gasteiger partial charge on any atom is -0.372 e. The van der Waals surface area contributed by atoms with Gasteiger partial charge in [-0.15, -0.1) is 0 Å². The third-order valence-corrected chi connectivity index (χ3v) is 2.59. The van der Waals surface area contributed by atoms with Gasteiger partial charge in [0.05, 0.1) is 0 Å². The van der Waals surface area contributed by atoms with E-state index in [0.29, 0.717) is 0 Å². The zero-order valence-electron chi connectivity index (χ0n) is 7.95. The van der Waals surface area contributed by atoms with E-state index in [1.807, 2.05) is 12.4 Å². The number of rotatable bonds is 1. The molecule has 1 fully saturated rings. The van der Waals surface area contributed by atoms with Crippen LogP contribution in [0.25, 0.3) is 0 Å². The first-order valence-electron chi connectivity index (χ1n) is 5.10. The highest BCUT2D eigenvalue weighted by Gasteiger charge is 2.11. The fourth-order valence-corrected chi connectivity index (χ4v) is 1.87. The van der Waals surface area contributed by atoms with Gasteiger partial charge in [0.2, 0.25) is 0 Å². The second-order valence-electron chi connectivity index (χ2n) is 3.56. The fraction of sp³-hybridized carbons (Fsp3) is 0.545. The van der Waals surface area contributed by atoms with Gasteiger partial charge >= 0.3 is 0 Å². The second-order valence-corrected chi connectivity index (χ2v) is 3.56. The normalized spacial score (nSPS) is 22.8. The summed E-state index contributed by atoms with van der Waals surface area (Å²) in [7, 11) is 0. The van der Waals surface area contributed by atoms with E-state index in [1.165, 1.54) is 38.0 Å². The summed E-state index contributed by atoms with van der Waals surface area (Å²) in [6.07, 6.45) is 13.3. The molecule has 0 atom stereocenters. The first-order valence-corrected chi connectivity index (χ1v) is 5.10. The Bertz CT molecular complexity index is 245. The monoisotopic (exact) mass is 176 g/mol. The Morgan fingerprint density at radius 1 is 1.15 bits per heavy atom. The average Bonchev–Trinajstić information content (AvgIpc) is 2.47. The van der Waals surface area contributed by atoms with Crippen molar-refractivity contribution in [2.45, 2.75) is 25.7 Å². The third kappa shape index (κ3) is 2.20. The van der Waals surface area contributed by atoms with Crippen molar-refractivity contribution < 1.29 is 0 Å². The molecule has 1 saturated heterocycles. The molecule has 0 amide bonds. The molecule has 0 aliphatic carbocycles. The smallest absolute Gasteiger partial charge is 0.0344 e. The summed E-state index contributed by atoms with van der Waals surface area (Å²) >= 11 is 0. The van der Waals surface area contributed by atoms with Gasteiger partial charge in [0.1, 0.15) is 0 Å². The van der Waals surface area contributed by atoms with Gasteiger partial charge in [0.15, 0.2) is 0 Å². The maximum atomic E-state index is 4.13. The molecule has 13 heavy (non-hydrogen) atoms. The van der Waals surface area contributed by atoms with E-state index in [0.717, 1.165) is 6.42 Å². The lowest BCUT2D eigenvalue weighted by Gasteiger charge is -2.29. The molecule has 0 aromatic carbocycles. The van der Waals surface area contributed by atoms with Crippen LogP contribution in [-0.2, 0) is 0 Å². The van der Waals surface area contributed by atoms with Gasteiger partial charge in [-0.3, -0.25) is 4.99 Å². The summed E-state index contributed by atoms with van der Waals surface area (Å²) in [5, 5.41) is 0. The summed E-state index contributed by atoms with van der Waals surface area (Å²) in [4.78, 5) is 6.60. The highest BCUT2D eigenvalue weighted by Crippen LogP contribution is 2.16. The van der Waals surface area contributed by atoms with Crippen molar-refractivity contribution in [3.8, 4) is 0 Å². The predicted octanol–water partition coefficient (Wildman–Crippen LogP) is 2.34. The molecule has 2 heteroatoms. The number of hydrogen-bond acceptors (Lipinski definition) is 2. The zero-order valence-corrected chi connectivity index (χ0v) is 7.95. The number of aliphatic imine (C=N–C) groups is 1. The van der Waals surface area contributed by atoms with Crippen molar-refractivity contribution in [3.63, 3.8) is 0 Å². The van der Waals surface area contributed by atoms with E-state index in [1.54, 1.807) is 0 Å². The summed E-state index contributed by atoms with van der Waals surface area (Å²) in [6.45, 7) is 2.44. The maximum absolute atomic E-state index is 4.13. The van der Waals surface area contributed by atoms with Crippen LogP contribution in [0.5, 0.6) is 0 Å². The highest BCUT2D eigenvalue weighted by atomic mass is 15.1. The first-order chi connectivity index (χ1) is 6.47. The van der Waals surface area contributed by atoms with Crippen molar-refractivity contribution in [2.24, 2.45) is 4.99 Å². The molecule has 0 unspecified atom stereocenters. The summed E-state index contributed by atoms with van der Waals surface area (Å²) in [6, 6.07) is 0. The molecular weight excluding hydrogens is 160 g/mol. The standard InChI is InChI=1S/C11H16N2/c1-2-9-13(10-3-1)11-5-4-7-12-8-6-11/h5-8H,1-4,9-10H2. The molecule has 0 N–H and O–H groups in total. The van der Waals surface area contributed by atoms with Crippen molar-refractivity contribution in [3.05, 3.63) is 24.0 Å². The van der Waals surface area contributed by atoms with Crippen LogP contribution >= 0.6 is 0 Å². The van der Waals surface area contributed by atoms with Crippen molar-refractivity contribution in [1.82, 2.24) is 4.90 Å². The Kier molecular flexibility index (Phi) is 2.80. The molecule has 0 bridgehead atoms. The molecule has 0 spiro atoms. The minimum atomic E-state index is 0.971. The Labute approximate surface area is 79.7 Å². The van der Waals surface area contributed by atoms with E-state index in [4.69, 9.17) is 0 Å². The minimum absolute atomic E-state index is 0.971. The molecule has 0 aromatic rings. The quantitative estimate of drug-likeness (QED) is 0.598. The van der Waals surface area contributed by atoms with Crippen molar-refractivity contribution in [1.29, 1.82) is 0 Å². The van der Waals surface area contributed by atoms with Crippen molar-refractivity contribution >= 4 is 6.21 Å². The maximum Gasteiger partial charge on any atom is 0.0344 e. The molecule has 0 aromatic heterocycles. The lowest BCUT2D eigenvalue weighted by Crippen LogP contribution is -2.28. The van der Waals surface area contributed by atoms with Crippen LogP contribution in [0.4, 0.5) is 0 Å². The van der Waals surface area contributed by atoms with Gasteiger partial charge in [-0.1, -0.05) is 6.08 Å². The lowest BCUT2D eigenvalue weighted by atomic mass is 10.1. The number of piperidine rings is 1. The van der Waals surface area contributed by atoms with Crippen LogP contribution in [0.15, 0.2) is 29.0 Å². The molecule has 70 valence electrons. The topological polar surface area (TPSA) is 15.6 Å². The summed E-state index contributed by atoms with van der Waals surface area (Å²) in [5.74, 6) is 0. The van der Waals surface area contributed by atoms with Gasteiger partial charge in [-0.25, -0.2) is 0 Å². The van der Waals surface area contributed by atoms with Crippen LogP contribution in [0.1, 0.15) is 25.7 Å². The van der Waals surface area contributed by atoms with Gasteiger partial charge < -0.3 is 4.90 Å². The number of hydrogen-bond donors (Lipinski definition) is 0. The predicted molar refractivity (Wildman–Crippen MR) is 55.8 cm³/mol. The number of likely N-dealkylation sites (tertiary alicyclic amines) is 1. The first kappa shape index (κ1) is 8.54. The molecular formula is C11H16N2. The lowest BCUT2D eigenvalue weighted by molar-refractivity contribution is 0.292. The van der Waals surface area contributed by atoms with Gasteiger partial charge in [-0.05, 0) is 25.3 Å². The Hall–Kier alpha value is -1.05. The van der Waals surface area contributed by atoms with Crippen LogP contribution in [0, 0.1) is 0 Å². The number of nitrogens with zero attached hydrogens (tertiary/aromatic N) is 2. The fourth-order valence-electron chi connectivity index (χ4n) is 1.87. The molecule has 2 nitrogen and oxygen atoms in total. The van der Waals surface area contributed by atoms with Crippen molar-refractivity contribution in [2.75, 3.05) is 13.1 Å². The Balaban J connectivity index is 2.02. The summed E-state index contributed by atoms with van der Waals surface area (Å²) in [5.41, 5.74) is 1.36. The SMILES string of the molecule is C1=CC(N2CCCCC2)=CCC=N1. The Morgan fingerprint density at radius 3 is 2.85 bits per heavy atom. The molecule has 2 rings (SSSR count). The van der Waals surface area contributed by atoms with Crippen LogP contribution < -0.4 is 0 Å². The van der Waals surface area contributed by atoms with E-state index < -0.39 is 0 Å². The molecule has 0 saturated carbocycles. The van der Waals surface area contributed by atoms with E-state index in [2.05, 4.69) is 22.0 Å². The van der Waals surface area contributed by atoms with E-state index in [9.17, 15) is 0 Å². The van der Waals surface area contributed by atoms with Gasteiger partial charge in [0, 0.05) is 37.6 Å². The van der Waals surface area contributed by atoms with E-state index >= 15 is 0 Å². The molecule has 2 aliphatic rings. The second kappa shape index (κ2) is 4.26. The summed E-state index contributed by atoms with van der Waals surface area (Å²) < 4.78 is 0. The largest absolute Gasteiger partial charge is 0.372 e. The van der Waals surface area contributed by atoms with Crippen LogP contribution in [0.3, 0.4) is 0 Å². The third-order valence-electron chi connectivity index (χ3n) is 2.59. The molecule has 2 heterocycles. The average molecular weight is 176 g/mol.